The average molecular weight is 465 g/mol. The minimum absolute atomic E-state index is 0.0890. The molecule has 0 unspecified atom stereocenters. The highest BCUT2D eigenvalue weighted by molar-refractivity contribution is 5.92. The Morgan fingerprint density at radius 3 is 2.03 bits per heavy atom. The van der Waals surface area contributed by atoms with E-state index in [1.54, 1.807) is 0 Å². The first-order chi connectivity index (χ1) is 16.1. The second kappa shape index (κ2) is 9.12. The zero-order valence-electron chi connectivity index (χ0n) is 19.9. The number of aliphatic carboxylic acids is 1. The maximum absolute atomic E-state index is 13.1. The third-order valence-electron chi connectivity index (χ3n) is 6.96. The SMILES string of the molecule is CC(C)(C)[C@H](NC(=O)OCC1c2ccccc2-c2ccccc21)C(=O)NC1(C(=O)O)CCCC1. The van der Waals surface area contributed by atoms with Crippen molar-refractivity contribution in [2.24, 2.45) is 5.41 Å². The number of alkyl carbamates (subject to hydrolysis) is 1. The molecule has 2 aromatic rings. The van der Waals surface area contributed by atoms with E-state index in [0.717, 1.165) is 35.1 Å². The zero-order valence-corrected chi connectivity index (χ0v) is 19.9. The second-order valence-electron chi connectivity index (χ2n) is 10.4. The Bertz CT molecular complexity index is 1050. The molecule has 2 aliphatic rings. The number of carboxylic acid groups (broad SMARTS) is 1. The molecule has 1 fully saturated rings. The molecule has 7 heteroatoms. The van der Waals surface area contributed by atoms with Crippen LogP contribution in [-0.2, 0) is 14.3 Å². The summed E-state index contributed by atoms with van der Waals surface area (Å²) in [5, 5.41) is 15.1. The maximum atomic E-state index is 13.1. The Kier molecular flexibility index (Phi) is 6.39. The summed E-state index contributed by atoms with van der Waals surface area (Å²) in [5.41, 5.74) is 2.55. The molecule has 2 aromatic carbocycles. The summed E-state index contributed by atoms with van der Waals surface area (Å²) in [6.45, 7) is 5.60. The molecule has 0 spiro atoms. The van der Waals surface area contributed by atoms with Gasteiger partial charge in [0.15, 0.2) is 0 Å². The lowest BCUT2D eigenvalue weighted by molar-refractivity contribution is -0.148. The van der Waals surface area contributed by atoms with Gasteiger partial charge in [-0.05, 0) is 40.5 Å². The molecule has 2 aliphatic carbocycles. The molecule has 1 atom stereocenters. The first-order valence-electron chi connectivity index (χ1n) is 11.8. The number of benzene rings is 2. The Hall–Kier alpha value is -3.35. The van der Waals surface area contributed by atoms with Gasteiger partial charge in [0.05, 0.1) is 0 Å². The standard InChI is InChI=1S/C27H32N2O5/c1-26(2,3)22(23(30)29-27(24(31)32)14-8-9-15-27)28-25(33)34-16-21-19-12-6-4-10-17(19)18-11-5-7-13-20(18)21/h4-7,10-13,21-22H,8-9,14-16H2,1-3H3,(H,28,33)(H,29,30)(H,31,32)/t22-/m1/s1. The summed E-state index contributed by atoms with van der Waals surface area (Å²) in [6.07, 6.45) is 1.55. The molecule has 7 nitrogen and oxygen atoms in total. The number of ether oxygens (including phenoxy) is 1. The lowest BCUT2D eigenvalue weighted by Crippen LogP contribution is -2.61. The van der Waals surface area contributed by atoms with Crippen LogP contribution in [0.5, 0.6) is 0 Å². The highest BCUT2D eigenvalue weighted by Crippen LogP contribution is 2.44. The Balaban J connectivity index is 1.45. The van der Waals surface area contributed by atoms with Gasteiger partial charge >= 0.3 is 12.1 Å². The zero-order chi connectivity index (χ0) is 24.5. The van der Waals surface area contributed by atoms with Crippen molar-refractivity contribution in [1.82, 2.24) is 10.6 Å². The number of carbonyl (C=O) groups excluding carboxylic acids is 2. The van der Waals surface area contributed by atoms with Crippen LogP contribution in [0.25, 0.3) is 11.1 Å². The molecule has 0 saturated heterocycles. The van der Waals surface area contributed by atoms with Crippen molar-refractivity contribution >= 4 is 18.0 Å². The smallest absolute Gasteiger partial charge is 0.407 e. The van der Waals surface area contributed by atoms with Crippen LogP contribution < -0.4 is 10.6 Å². The van der Waals surface area contributed by atoms with Crippen LogP contribution in [0.4, 0.5) is 4.79 Å². The number of fused-ring (bicyclic) bond motifs is 3. The fourth-order valence-electron chi connectivity index (χ4n) is 5.11. The van der Waals surface area contributed by atoms with E-state index in [9.17, 15) is 19.5 Å². The van der Waals surface area contributed by atoms with Gasteiger partial charge < -0.3 is 20.5 Å². The first kappa shape index (κ1) is 23.8. The molecule has 0 radical (unpaired) electrons. The van der Waals surface area contributed by atoms with Gasteiger partial charge in [-0.25, -0.2) is 9.59 Å². The number of hydrogen-bond acceptors (Lipinski definition) is 4. The van der Waals surface area contributed by atoms with E-state index >= 15 is 0 Å². The minimum atomic E-state index is -1.27. The number of carboxylic acids is 1. The van der Waals surface area contributed by atoms with Crippen LogP contribution >= 0.6 is 0 Å². The van der Waals surface area contributed by atoms with Crippen molar-refractivity contribution in [2.45, 2.75) is 64.0 Å². The third kappa shape index (κ3) is 4.52. The predicted molar refractivity (Wildman–Crippen MR) is 128 cm³/mol. The van der Waals surface area contributed by atoms with Crippen molar-refractivity contribution in [3.05, 3.63) is 59.7 Å². The van der Waals surface area contributed by atoms with Crippen LogP contribution in [0.1, 0.15) is 63.5 Å². The number of rotatable bonds is 6. The van der Waals surface area contributed by atoms with E-state index in [1.807, 2.05) is 57.2 Å². The highest BCUT2D eigenvalue weighted by Gasteiger charge is 2.45. The monoisotopic (exact) mass is 464 g/mol. The van der Waals surface area contributed by atoms with Gasteiger partial charge in [0.1, 0.15) is 18.2 Å². The summed E-state index contributed by atoms with van der Waals surface area (Å²) >= 11 is 0. The van der Waals surface area contributed by atoms with Crippen molar-refractivity contribution in [1.29, 1.82) is 0 Å². The molecule has 34 heavy (non-hydrogen) atoms. The molecule has 180 valence electrons. The molecule has 0 aliphatic heterocycles. The Morgan fingerprint density at radius 2 is 1.53 bits per heavy atom. The number of hydrogen-bond donors (Lipinski definition) is 3. The second-order valence-corrected chi connectivity index (χ2v) is 10.4. The van der Waals surface area contributed by atoms with E-state index in [2.05, 4.69) is 22.8 Å². The lowest BCUT2D eigenvalue weighted by atomic mass is 9.85. The summed E-state index contributed by atoms with van der Waals surface area (Å²) < 4.78 is 5.61. The highest BCUT2D eigenvalue weighted by atomic mass is 16.5. The van der Waals surface area contributed by atoms with Gasteiger partial charge in [-0.3, -0.25) is 4.79 Å². The maximum Gasteiger partial charge on any atom is 0.407 e. The van der Waals surface area contributed by atoms with Gasteiger partial charge in [0.25, 0.3) is 0 Å². The summed E-state index contributed by atoms with van der Waals surface area (Å²) in [7, 11) is 0. The normalized spacial score (nSPS) is 17.4. The van der Waals surface area contributed by atoms with Crippen molar-refractivity contribution < 1.29 is 24.2 Å². The number of carbonyl (C=O) groups is 3. The molecule has 0 bridgehead atoms. The largest absolute Gasteiger partial charge is 0.480 e. The van der Waals surface area contributed by atoms with Gasteiger partial charge in [-0.1, -0.05) is 82.1 Å². The quantitative estimate of drug-likeness (QED) is 0.586. The van der Waals surface area contributed by atoms with Crippen molar-refractivity contribution in [3.8, 4) is 11.1 Å². The van der Waals surface area contributed by atoms with Crippen LogP contribution in [0, 0.1) is 5.41 Å². The first-order valence-corrected chi connectivity index (χ1v) is 11.8. The Labute approximate surface area is 199 Å². The fraction of sp³-hybridized carbons (Fsp3) is 0.444. The summed E-state index contributed by atoms with van der Waals surface area (Å²) in [6, 6.07) is 15.2. The van der Waals surface area contributed by atoms with E-state index < -0.39 is 35.0 Å². The minimum Gasteiger partial charge on any atom is -0.480 e. The topological polar surface area (TPSA) is 105 Å². The summed E-state index contributed by atoms with van der Waals surface area (Å²) in [4.78, 5) is 37.8. The van der Waals surface area contributed by atoms with Crippen molar-refractivity contribution in [2.75, 3.05) is 6.61 Å². The average Bonchev–Trinajstić information content (AvgIpc) is 3.39. The van der Waals surface area contributed by atoms with E-state index in [-0.39, 0.29) is 12.5 Å². The van der Waals surface area contributed by atoms with E-state index in [0.29, 0.717) is 12.8 Å². The molecule has 4 rings (SSSR count). The molecular weight excluding hydrogens is 432 g/mol. The lowest BCUT2D eigenvalue weighted by Gasteiger charge is -2.34. The van der Waals surface area contributed by atoms with Crippen molar-refractivity contribution in [3.63, 3.8) is 0 Å². The van der Waals surface area contributed by atoms with Crippen LogP contribution in [0.15, 0.2) is 48.5 Å². The van der Waals surface area contributed by atoms with Crippen LogP contribution in [0.2, 0.25) is 0 Å². The molecule has 1 saturated carbocycles. The van der Waals surface area contributed by atoms with E-state index in [1.165, 1.54) is 0 Å². The molecule has 2 amide bonds. The molecular formula is C27H32N2O5. The van der Waals surface area contributed by atoms with E-state index in [4.69, 9.17) is 4.74 Å². The molecule has 0 heterocycles. The third-order valence-corrected chi connectivity index (χ3v) is 6.96. The van der Waals surface area contributed by atoms with Gasteiger partial charge in [-0.15, -0.1) is 0 Å². The van der Waals surface area contributed by atoms with Crippen LogP contribution in [-0.4, -0.2) is 41.3 Å². The van der Waals surface area contributed by atoms with Crippen LogP contribution in [0.3, 0.4) is 0 Å². The van der Waals surface area contributed by atoms with Gasteiger partial charge in [-0.2, -0.15) is 0 Å². The fourth-order valence-corrected chi connectivity index (χ4v) is 5.11. The predicted octanol–water partition coefficient (Wildman–Crippen LogP) is 4.45. The van der Waals surface area contributed by atoms with Gasteiger partial charge in [0.2, 0.25) is 5.91 Å². The number of amides is 2. The molecule has 3 N–H and O–H groups in total. The Morgan fingerprint density at radius 1 is 1.00 bits per heavy atom. The molecule has 0 aromatic heterocycles. The number of nitrogens with one attached hydrogen (secondary N) is 2. The van der Waals surface area contributed by atoms with Gasteiger partial charge in [0, 0.05) is 5.92 Å². The summed E-state index contributed by atoms with van der Waals surface area (Å²) in [5.74, 6) is -1.63.